The first-order valence-corrected chi connectivity index (χ1v) is 6.83. The van der Waals surface area contributed by atoms with E-state index in [-0.39, 0.29) is 11.4 Å². The fraction of sp³-hybridized carbons (Fsp3) is 0.250. The van der Waals surface area contributed by atoms with Crippen LogP contribution >= 0.6 is 0 Å². The van der Waals surface area contributed by atoms with E-state index in [2.05, 4.69) is 5.32 Å². The van der Waals surface area contributed by atoms with Crippen molar-refractivity contribution in [2.75, 3.05) is 6.54 Å². The Morgan fingerprint density at radius 3 is 2.67 bits per heavy atom. The highest BCUT2D eigenvalue weighted by Gasteiger charge is 2.15. The number of nitro benzene ring substituents is 1. The van der Waals surface area contributed by atoms with Gasteiger partial charge in [0.25, 0.3) is 0 Å². The molecule has 0 aliphatic heterocycles. The van der Waals surface area contributed by atoms with Crippen molar-refractivity contribution in [2.45, 2.75) is 20.4 Å². The highest BCUT2D eigenvalue weighted by Crippen LogP contribution is 2.32. The van der Waals surface area contributed by atoms with Gasteiger partial charge in [-0.1, -0.05) is 36.8 Å². The van der Waals surface area contributed by atoms with Gasteiger partial charge in [-0.2, -0.15) is 0 Å². The molecule has 0 amide bonds. The zero-order chi connectivity index (χ0) is 15.2. The molecule has 2 aromatic rings. The van der Waals surface area contributed by atoms with Crippen LogP contribution in [-0.4, -0.2) is 11.5 Å². The van der Waals surface area contributed by atoms with Crippen LogP contribution in [0.5, 0.6) is 11.5 Å². The first-order valence-electron chi connectivity index (χ1n) is 6.83. The summed E-state index contributed by atoms with van der Waals surface area (Å²) in [4.78, 5) is 10.6. The molecule has 2 rings (SSSR count). The Bertz CT molecular complexity index is 641. The second-order valence-corrected chi connectivity index (χ2v) is 4.72. The van der Waals surface area contributed by atoms with Crippen LogP contribution in [0, 0.1) is 17.0 Å². The summed E-state index contributed by atoms with van der Waals surface area (Å²) in [5.74, 6) is 0.889. The average Bonchev–Trinajstić information content (AvgIpc) is 2.47. The lowest BCUT2D eigenvalue weighted by Crippen LogP contribution is -2.12. The smallest absolute Gasteiger partial charge is 0.311 e. The minimum Gasteiger partial charge on any atom is -0.450 e. The van der Waals surface area contributed by atoms with Crippen molar-refractivity contribution in [3.05, 3.63) is 63.7 Å². The van der Waals surface area contributed by atoms with Gasteiger partial charge in [-0.05, 0) is 25.6 Å². The Hall–Kier alpha value is -2.40. The molecule has 2 aromatic carbocycles. The van der Waals surface area contributed by atoms with Gasteiger partial charge in [-0.3, -0.25) is 10.1 Å². The lowest BCUT2D eigenvalue weighted by molar-refractivity contribution is -0.385. The third kappa shape index (κ3) is 3.79. The van der Waals surface area contributed by atoms with Gasteiger partial charge in [0, 0.05) is 18.2 Å². The van der Waals surface area contributed by atoms with E-state index < -0.39 is 4.92 Å². The highest BCUT2D eigenvalue weighted by atomic mass is 16.6. The number of rotatable bonds is 6. The number of hydrogen-bond donors (Lipinski definition) is 1. The number of nitrogens with zero attached hydrogens (tertiary/aromatic N) is 1. The second kappa shape index (κ2) is 6.85. The van der Waals surface area contributed by atoms with Gasteiger partial charge in [-0.25, -0.2) is 0 Å². The van der Waals surface area contributed by atoms with Crippen molar-refractivity contribution >= 4 is 5.69 Å². The third-order valence-electron chi connectivity index (χ3n) is 3.06. The number of para-hydroxylation sites is 2. The molecule has 0 fully saturated rings. The molecule has 0 radical (unpaired) electrons. The van der Waals surface area contributed by atoms with Crippen molar-refractivity contribution in [1.29, 1.82) is 0 Å². The Kier molecular flexibility index (Phi) is 4.90. The molecule has 0 saturated carbocycles. The SMILES string of the molecule is CCNCc1cc(C)ccc1Oc1ccccc1[N+](=O)[O-]. The van der Waals surface area contributed by atoms with Crippen molar-refractivity contribution < 1.29 is 9.66 Å². The summed E-state index contributed by atoms with van der Waals surface area (Å²) in [5.41, 5.74) is 2.07. The zero-order valence-corrected chi connectivity index (χ0v) is 12.1. The molecule has 0 saturated heterocycles. The minimum absolute atomic E-state index is 0.0347. The van der Waals surface area contributed by atoms with Crippen molar-refractivity contribution in [3.63, 3.8) is 0 Å². The van der Waals surface area contributed by atoms with E-state index in [0.717, 1.165) is 17.7 Å². The number of benzene rings is 2. The summed E-state index contributed by atoms with van der Waals surface area (Å²) in [5, 5.41) is 14.3. The van der Waals surface area contributed by atoms with E-state index in [1.54, 1.807) is 18.2 Å². The van der Waals surface area contributed by atoms with Crippen LogP contribution in [0.25, 0.3) is 0 Å². The van der Waals surface area contributed by atoms with Gasteiger partial charge in [0.05, 0.1) is 4.92 Å². The molecule has 0 aliphatic carbocycles. The molecule has 5 heteroatoms. The standard InChI is InChI=1S/C16H18N2O3/c1-3-17-11-13-10-12(2)8-9-15(13)21-16-7-5-4-6-14(16)18(19)20/h4-10,17H,3,11H2,1-2H3. The van der Waals surface area contributed by atoms with E-state index in [0.29, 0.717) is 12.3 Å². The maximum atomic E-state index is 11.0. The quantitative estimate of drug-likeness (QED) is 0.648. The number of hydrogen-bond acceptors (Lipinski definition) is 4. The van der Waals surface area contributed by atoms with Gasteiger partial charge in [-0.15, -0.1) is 0 Å². The summed E-state index contributed by atoms with van der Waals surface area (Å²) >= 11 is 0. The molecule has 0 aromatic heterocycles. The van der Waals surface area contributed by atoms with E-state index in [1.165, 1.54) is 6.07 Å². The molecule has 0 aliphatic rings. The number of nitrogens with one attached hydrogen (secondary N) is 1. The normalized spacial score (nSPS) is 10.4. The lowest BCUT2D eigenvalue weighted by atomic mass is 10.1. The van der Waals surface area contributed by atoms with Crippen LogP contribution in [0.3, 0.4) is 0 Å². The van der Waals surface area contributed by atoms with Crippen molar-refractivity contribution in [1.82, 2.24) is 5.32 Å². The summed E-state index contributed by atoms with van der Waals surface area (Å²) in [6, 6.07) is 12.2. The molecule has 110 valence electrons. The summed E-state index contributed by atoms with van der Waals surface area (Å²) < 4.78 is 5.77. The van der Waals surface area contributed by atoms with Gasteiger partial charge in [0.2, 0.25) is 5.75 Å². The molecule has 0 bridgehead atoms. The van der Waals surface area contributed by atoms with Gasteiger partial charge in [0.15, 0.2) is 0 Å². The molecule has 21 heavy (non-hydrogen) atoms. The lowest BCUT2D eigenvalue weighted by Gasteiger charge is -2.12. The first-order chi connectivity index (χ1) is 10.1. The number of ether oxygens (including phenoxy) is 1. The van der Waals surface area contributed by atoms with Crippen LogP contribution in [0.15, 0.2) is 42.5 Å². The monoisotopic (exact) mass is 286 g/mol. The molecule has 0 unspecified atom stereocenters. The average molecular weight is 286 g/mol. The second-order valence-electron chi connectivity index (χ2n) is 4.72. The van der Waals surface area contributed by atoms with Gasteiger partial charge < -0.3 is 10.1 Å². The molecule has 5 nitrogen and oxygen atoms in total. The maximum absolute atomic E-state index is 11.0. The Labute approximate surface area is 123 Å². The van der Waals surface area contributed by atoms with Crippen molar-refractivity contribution in [2.24, 2.45) is 0 Å². The molecule has 0 atom stereocenters. The Balaban J connectivity index is 2.33. The third-order valence-corrected chi connectivity index (χ3v) is 3.06. The van der Waals surface area contributed by atoms with E-state index in [1.807, 2.05) is 32.0 Å². The van der Waals surface area contributed by atoms with Crippen molar-refractivity contribution in [3.8, 4) is 11.5 Å². The van der Waals surface area contributed by atoms with E-state index >= 15 is 0 Å². The molecule has 0 spiro atoms. The molecule has 0 heterocycles. The van der Waals surface area contributed by atoms with Crippen LogP contribution in [0.4, 0.5) is 5.69 Å². The minimum atomic E-state index is -0.437. The first kappa shape index (κ1) is 15.0. The van der Waals surface area contributed by atoms with E-state index in [9.17, 15) is 10.1 Å². The highest BCUT2D eigenvalue weighted by molar-refractivity contribution is 5.49. The number of aryl methyl sites for hydroxylation is 1. The largest absolute Gasteiger partial charge is 0.450 e. The summed E-state index contributed by atoms with van der Waals surface area (Å²) in [7, 11) is 0. The molecule has 1 N–H and O–H groups in total. The predicted octanol–water partition coefficient (Wildman–Crippen LogP) is 3.81. The van der Waals surface area contributed by atoms with Crippen LogP contribution < -0.4 is 10.1 Å². The Morgan fingerprint density at radius 2 is 1.95 bits per heavy atom. The van der Waals surface area contributed by atoms with Crippen LogP contribution in [0.2, 0.25) is 0 Å². The van der Waals surface area contributed by atoms with E-state index in [4.69, 9.17) is 4.74 Å². The summed E-state index contributed by atoms with van der Waals surface area (Å²) in [6.45, 7) is 5.54. The van der Waals surface area contributed by atoms with Crippen LogP contribution in [0.1, 0.15) is 18.1 Å². The van der Waals surface area contributed by atoms with Gasteiger partial charge >= 0.3 is 5.69 Å². The van der Waals surface area contributed by atoms with Gasteiger partial charge in [0.1, 0.15) is 5.75 Å². The topological polar surface area (TPSA) is 64.4 Å². The molecular formula is C16H18N2O3. The fourth-order valence-corrected chi connectivity index (χ4v) is 2.02. The summed E-state index contributed by atoms with van der Waals surface area (Å²) in [6.07, 6.45) is 0. The van der Waals surface area contributed by atoms with Crippen LogP contribution in [-0.2, 0) is 6.54 Å². The Morgan fingerprint density at radius 1 is 1.19 bits per heavy atom. The number of nitro groups is 1. The maximum Gasteiger partial charge on any atom is 0.311 e. The predicted molar refractivity (Wildman–Crippen MR) is 81.7 cm³/mol. The fourth-order valence-electron chi connectivity index (χ4n) is 2.02. The zero-order valence-electron chi connectivity index (χ0n) is 12.1. The molecular weight excluding hydrogens is 268 g/mol.